The Morgan fingerprint density at radius 3 is 2.74 bits per heavy atom. The molecule has 0 aromatic heterocycles. The van der Waals surface area contributed by atoms with Gasteiger partial charge in [-0.05, 0) is 92.2 Å². The van der Waals surface area contributed by atoms with Crippen LogP contribution in [0.4, 0.5) is 5.69 Å². The molecule has 3 aliphatic rings. The fourth-order valence-electron chi connectivity index (χ4n) is 5.95. The van der Waals surface area contributed by atoms with Crippen molar-refractivity contribution in [2.24, 2.45) is 0 Å². The highest BCUT2D eigenvalue weighted by molar-refractivity contribution is 5.69. The van der Waals surface area contributed by atoms with Crippen LogP contribution < -0.4 is 10.6 Å². The predicted octanol–water partition coefficient (Wildman–Crippen LogP) is 4.51. The molecule has 0 saturated carbocycles. The average molecular weight is 454 g/mol. The maximum atomic E-state index is 9.35. The standard InChI is InChI=1S/C29H35N5/c1-21-29(27-18-24(19-30)7-9-28(27)32-21)11-15-33(16-12-29)13-4-5-23-6-8-26-20-34(22(2)31-3)14-10-25(26)17-23/h6-9,17-18,31-32H,1-2,4-5,10-16,20H2,3H3. The molecule has 0 radical (unpaired) electrons. The lowest BCUT2D eigenvalue weighted by molar-refractivity contribution is 0.179. The molecule has 5 heteroatoms. The third kappa shape index (κ3) is 4.08. The van der Waals surface area contributed by atoms with Gasteiger partial charge in [-0.15, -0.1) is 0 Å². The molecule has 2 N–H and O–H groups in total. The van der Waals surface area contributed by atoms with E-state index < -0.39 is 0 Å². The van der Waals surface area contributed by atoms with Crippen molar-refractivity contribution < 1.29 is 0 Å². The second kappa shape index (κ2) is 9.19. The topological polar surface area (TPSA) is 54.3 Å². The van der Waals surface area contributed by atoms with E-state index in [1.54, 1.807) is 0 Å². The van der Waals surface area contributed by atoms with E-state index >= 15 is 0 Å². The number of likely N-dealkylation sites (tertiary alicyclic amines) is 1. The van der Waals surface area contributed by atoms with E-state index in [0.717, 1.165) is 81.2 Å². The maximum absolute atomic E-state index is 9.35. The van der Waals surface area contributed by atoms with Gasteiger partial charge in [0.2, 0.25) is 0 Å². The molecule has 2 aromatic rings. The van der Waals surface area contributed by atoms with Gasteiger partial charge in [-0.25, -0.2) is 0 Å². The fourth-order valence-corrected chi connectivity index (χ4v) is 5.95. The van der Waals surface area contributed by atoms with Crippen molar-refractivity contribution in [2.75, 3.05) is 38.5 Å². The number of hydrogen-bond donors (Lipinski definition) is 2. The molecule has 176 valence electrons. The highest BCUT2D eigenvalue weighted by Crippen LogP contribution is 2.49. The molecule has 3 aliphatic heterocycles. The van der Waals surface area contributed by atoms with Crippen LogP contribution in [0.15, 0.2) is 61.1 Å². The molecule has 0 amide bonds. The summed E-state index contributed by atoms with van der Waals surface area (Å²) in [7, 11) is 1.94. The van der Waals surface area contributed by atoms with Crippen LogP contribution in [0.25, 0.3) is 0 Å². The number of hydrogen-bond acceptors (Lipinski definition) is 5. The third-order valence-corrected chi connectivity index (χ3v) is 8.13. The minimum absolute atomic E-state index is 0.0241. The van der Waals surface area contributed by atoms with E-state index in [0.29, 0.717) is 0 Å². The van der Waals surface area contributed by atoms with Crippen LogP contribution in [0, 0.1) is 11.3 Å². The average Bonchev–Trinajstić information content (AvgIpc) is 3.14. The predicted molar refractivity (Wildman–Crippen MR) is 138 cm³/mol. The summed E-state index contributed by atoms with van der Waals surface area (Å²) >= 11 is 0. The van der Waals surface area contributed by atoms with Crippen LogP contribution in [-0.2, 0) is 24.8 Å². The van der Waals surface area contributed by atoms with Crippen molar-refractivity contribution in [3.63, 3.8) is 0 Å². The van der Waals surface area contributed by atoms with Crippen LogP contribution >= 0.6 is 0 Å². The number of rotatable bonds is 6. The number of anilines is 1. The fraction of sp³-hybridized carbons (Fsp3) is 0.414. The molecule has 0 bridgehead atoms. The SMILES string of the molecule is C=C(NC)N1CCc2cc(CCCN3CCC4(CC3)C(=C)Nc3ccc(C#N)cc34)ccc2C1. The summed E-state index contributed by atoms with van der Waals surface area (Å²) in [6, 6.07) is 15.4. The van der Waals surface area contributed by atoms with Crippen LogP contribution in [0.5, 0.6) is 0 Å². The molecule has 1 saturated heterocycles. The zero-order chi connectivity index (χ0) is 23.7. The minimum atomic E-state index is -0.0241. The van der Waals surface area contributed by atoms with Gasteiger partial charge in [0, 0.05) is 36.9 Å². The molecule has 0 atom stereocenters. The van der Waals surface area contributed by atoms with E-state index in [4.69, 9.17) is 0 Å². The van der Waals surface area contributed by atoms with E-state index in [1.165, 1.54) is 28.7 Å². The van der Waals surface area contributed by atoms with Gasteiger partial charge in [0.15, 0.2) is 0 Å². The summed E-state index contributed by atoms with van der Waals surface area (Å²) in [5.41, 5.74) is 8.59. The summed E-state index contributed by atoms with van der Waals surface area (Å²) in [5, 5.41) is 16.0. The third-order valence-electron chi connectivity index (χ3n) is 8.13. The van der Waals surface area contributed by atoms with Gasteiger partial charge in [0.05, 0.1) is 17.5 Å². The monoisotopic (exact) mass is 453 g/mol. The molecule has 5 rings (SSSR count). The van der Waals surface area contributed by atoms with Crippen molar-refractivity contribution in [1.29, 1.82) is 5.26 Å². The summed E-state index contributed by atoms with van der Waals surface area (Å²) in [5.74, 6) is 1.00. The zero-order valence-corrected chi connectivity index (χ0v) is 20.3. The highest BCUT2D eigenvalue weighted by atomic mass is 15.2. The number of benzene rings is 2. The molecule has 0 unspecified atom stereocenters. The van der Waals surface area contributed by atoms with E-state index in [-0.39, 0.29) is 5.41 Å². The lowest BCUT2D eigenvalue weighted by Crippen LogP contribution is -2.43. The molecular formula is C29H35N5. The minimum Gasteiger partial charge on any atom is -0.375 e. The van der Waals surface area contributed by atoms with Gasteiger partial charge in [0.25, 0.3) is 0 Å². The Balaban J connectivity index is 1.15. The van der Waals surface area contributed by atoms with Crippen LogP contribution in [0.2, 0.25) is 0 Å². The highest BCUT2D eigenvalue weighted by Gasteiger charge is 2.44. The maximum Gasteiger partial charge on any atom is 0.0991 e. The van der Waals surface area contributed by atoms with Gasteiger partial charge in [0.1, 0.15) is 0 Å². The summed E-state index contributed by atoms with van der Waals surface area (Å²) < 4.78 is 0. The van der Waals surface area contributed by atoms with E-state index in [9.17, 15) is 5.26 Å². The smallest absolute Gasteiger partial charge is 0.0991 e. The Morgan fingerprint density at radius 2 is 1.97 bits per heavy atom. The Hall–Kier alpha value is -3.23. The number of nitriles is 1. The lowest BCUT2D eigenvalue weighted by Gasteiger charge is -2.40. The molecule has 5 nitrogen and oxygen atoms in total. The number of nitrogens with one attached hydrogen (secondary N) is 2. The van der Waals surface area contributed by atoms with Crippen molar-refractivity contribution >= 4 is 5.69 Å². The second-order valence-electron chi connectivity index (χ2n) is 9.97. The Kier molecular flexibility index (Phi) is 6.10. The molecule has 1 spiro atoms. The largest absolute Gasteiger partial charge is 0.375 e. The van der Waals surface area contributed by atoms with Gasteiger partial charge in [-0.1, -0.05) is 31.4 Å². The Morgan fingerprint density at radius 1 is 1.15 bits per heavy atom. The van der Waals surface area contributed by atoms with Crippen molar-refractivity contribution in [3.8, 4) is 6.07 Å². The van der Waals surface area contributed by atoms with Crippen LogP contribution in [0.3, 0.4) is 0 Å². The first-order chi connectivity index (χ1) is 16.5. The Bertz CT molecular complexity index is 1150. The Labute approximate surface area is 203 Å². The molecule has 3 heterocycles. The van der Waals surface area contributed by atoms with E-state index in [2.05, 4.69) is 63.9 Å². The number of nitrogens with zero attached hydrogens (tertiary/aromatic N) is 3. The number of allylic oxidation sites excluding steroid dienone is 1. The van der Waals surface area contributed by atoms with Gasteiger partial charge >= 0.3 is 0 Å². The first kappa shape index (κ1) is 22.6. The van der Waals surface area contributed by atoms with E-state index in [1.807, 2.05) is 19.2 Å². The van der Waals surface area contributed by atoms with Crippen molar-refractivity contribution in [1.82, 2.24) is 15.1 Å². The van der Waals surface area contributed by atoms with Crippen LogP contribution in [-0.4, -0.2) is 43.0 Å². The van der Waals surface area contributed by atoms with Gasteiger partial charge in [-0.3, -0.25) is 0 Å². The first-order valence-electron chi connectivity index (χ1n) is 12.5. The van der Waals surface area contributed by atoms with Gasteiger partial charge in [-0.2, -0.15) is 5.26 Å². The normalized spacial score (nSPS) is 18.7. The molecular weight excluding hydrogens is 418 g/mol. The summed E-state index contributed by atoms with van der Waals surface area (Å²) in [4.78, 5) is 4.92. The van der Waals surface area contributed by atoms with Gasteiger partial charge < -0.3 is 20.4 Å². The van der Waals surface area contributed by atoms with Crippen molar-refractivity contribution in [3.05, 3.63) is 88.9 Å². The molecule has 2 aromatic carbocycles. The number of piperidine rings is 1. The molecule has 34 heavy (non-hydrogen) atoms. The summed E-state index contributed by atoms with van der Waals surface area (Å²) in [6.45, 7) is 13.7. The lowest BCUT2D eigenvalue weighted by atomic mass is 9.72. The molecule has 1 fully saturated rings. The zero-order valence-electron chi connectivity index (χ0n) is 20.3. The number of aryl methyl sites for hydroxylation is 1. The second-order valence-corrected chi connectivity index (χ2v) is 9.97. The molecule has 0 aliphatic carbocycles. The number of fused-ring (bicyclic) bond motifs is 3. The van der Waals surface area contributed by atoms with Crippen LogP contribution in [0.1, 0.15) is 47.1 Å². The van der Waals surface area contributed by atoms with Crippen molar-refractivity contribution in [2.45, 2.75) is 44.1 Å². The first-order valence-corrected chi connectivity index (χ1v) is 12.5. The summed E-state index contributed by atoms with van der Waals surface area (Å²) in [6.07, 6.45) is 5.53. The quantitative estimate of drug-likeness (QED) is 0.674.